The lowest BCUT2D eigenvalue weighted by atomic mass is 9.66. The van der Waals surface area contributed by atoms with E-state index in [0.29, 0.717) is 37.3 Å². The van der Waals surface area contributed by atoms with Crippen LogP contribution in [-0.2, 0) is 25.5 Å². The molecule has 1 saturated heterocycles. The molecular weight excluding hydrogens is 524 g/mol. The molecule has 1 aliphatic carbocycles. The smallest absolute Gasteiger partial charge is 0.329 e. The van der Waals surface area contributed by atoms with Crippen molar-refractivity contribution in [2.24, 2.45) is 22.7 Å². The molecule has 1 aliphatic heterocycles. The van der Waals surface area contributed by atoms with Crippen molar-refractivity contribution in [3.05, 3.63) is 23.8 Å². The first-order valence-corrected chi connectivity index (χ1v) is 15.1. The molecular formula is C32H50N2O7. The van der Waals surface area contributed by atoms with Gasteiger partial charge in [-0.2, -0.15) is 0 Å². The minimum Gasteiger partial charge on any atom is -0.504 e. The fraction of sp³-hybridized carbons (Fsp3) is 0.719. The molecule has 1 heterocycles. The zero-order chi connectivity index (χ0) is 30.7. The van der Waals surface area contributed by atoms with Gasteiger partial charge in [0.2, 0.25) is 11.8 Å². The Bertz CT molecular complexity index is 1100. The Morgan fingerprint density at radius 1 is 1.10 bits per heavy atom. The Morgan fingerprint density at radius 2 is 1.78 bits per heavy atom. The molecule has 2 fully saturated rings. The summed E-state index contributed by atoms with van der Waals surface area (Å²) in [7, 11) is 0. The molecule has 3 rings (SSSR count). The Hall–Kier alpha value is -2.81. The highest BCUT2D eigenvalue weighted by molar-refractivity contribution is 5.92. The number of carbonyl (C=O) groups is 3. The van der Waals surface area contributed by atoms with Gasteiger partial charge in [0.15, 0.2) is 11.5 Å². The van der Waals surface area contributed by atoms with Gasteiger partial charge in [-0.25, -0.2) is 4.79 Å². The predicted octanol–water partition coefficient (Wildman–Crippen LogP) is 4.31. The molecule has 41 heavy (non-hydrogen) atoms. The molecule has 9 heteroatoms. The second-order valence-corrected chi connectivity index (χ2v) is 13.4. The molecule has 0 spiro atoms. The predicted molar refractivity (Wildman–Crippen MR) is 156 cm³/mol. The van der Waals surface area contributed by atoms with Crippen LogP contribution in [0.5, 0.6) is 11.5 Å². The Morgan fingerprint density at radius 3 is 2.37 bits per heavy atom. The summed E-state index contributed by atoms with van der Waals surface area (Å²) in [5.74, 6) is -1.91. The fourth-order valence-corrected chi connectivity index (χ4v) is 6.31. The van der Waals surface area contributed by atoms with E-state index in [1.54, 1.807) is 0 Å². The maximum Gasteiger partial charge on any atom is 0.329 e. The second-order valence-electron chi connectivity index (χ2n) is 13.4. The zero-order valence-corrected chi connectivity index (χ0v) is 25.8. The van der Waals surface area contributed by atoms with E-state index in [2.05, 4.69) is 33.0 Å². The normalized spacial score (nSPS) is 24.3. The van der Waals surface area contributed by atoms with Crippen molar-refractivity contribution < 1.29 is 34.4 Å². The van der Waals surface area contributed by atoms with Crippen LogP contribution >= 0.6 is 0 Å². The Labute approximate surface area is 244 Å². The maximum atomic E-state index is 13.7. The lowest BCUT2D eigenvalue weighted by molar-refractivity contribution is -0.159. The minimum atomic E-state index is -1.47. The Balaban J connectivity index is 1.64. The lowest BCUT2D eigenvalue weighted by Gasteiger charge is -2.40. The molecule has 6 atom stereocenters. The maximum absolute atomic E-state index is 13.7. The Kier molecular flexibility index (Phi) is 10.4. The topological polar surface area (TPSA) is 136 Å². The highest BCUT2D eigenvalue weighted by Crippen LogP contribution is 2.57. The van der Waals surface area contributed by atoms with Crippen LogP contribution in [0.1, 0.15) is 92.6 Å². The van der Waals surface area contributed by atoms with Gasteiger partial charge in [-0.15, -0.1) is 0 Å². The summed E-state index contributed by atoms with van der Waals surface area (Å²) in [6.45, 7) is 15.3. The van der Waals surface area contributed by atoms with Crippen molar-refractivity contribution in [1.82, 2.24) is 10.2 Å². The summed E-state index contributed by atoms with van der Waals surface area (Å²) in [5, 5.41) is 32.5. The number of aromatic hydroxyl groups is 2. The summed E-state index contributed by atoms with van der Waals surface area (Å²) in [6, 6.07) is 2.44. The number of phenols is 2. The van der Waals surface area contributed by atoms with Crippen molar-refractivity contribution in [1.29, 1.82) is 0 Å². The quantitative estimate of drug-likeness (QED) is 0.228. The summed E-state index contributed by atoms with van der Waals surface area (Å²) in [5.41, 5.74) is 0.818. The number of ether oxygens (including phenoxy) is 1. The van der Waals surface area contributed by atoms with Crippen molar-refractivity contribution in [3.63, 3.8) is 0 Å². The van der Waals surface area contributed by atoms with Crippen LogP contribution < -0.4 is 5.32 Å². The van der Waals surface area contributed by atoms with Gasteiger partial charge in [-0.05, 0) is 79.4 Å². The van der Waals surface area contributed by atoms with E-state index >= 15 is 0 Å². The molecule has 3 unspecified atom stereocenters. The van der Waals surface area contributed by atoms with Crippen LogP contribution in [0.4, 0.5) is 0 Å². The first-order chi connectivity index (χ1) is 19.1. The molecule has 1 saturated carbocycles. The van der Waals surface area contributed by atoms with Crippen LogP contribution in [0, 0.1) is 22.7 Å². The molecule has 0 bridgehead atoms. The SMILES string of the molecule is CCC(C)[C@H](NC(=O)[C@H](O)Cc1ccc(O)c(O)c1)C(=O)N1CCC[C@H]1C(=O)OC(C)CC1CCC(C)(C)C1(C)C. The third-order valence-electron chi connectivity index (χ3n) is 10.2. The van der Waals surface area contributed by atoms with Crippen LogP contribution in [0.25, 0.3) is 0 Å². The number of amides is 2. The lowest BCUT2D eigenvalue weighted by Crippen LogP contribution is -2.56. The molecule has 4 N–H and O–H groups in total. The second kappa shape index (κ2) is 13.0. The molecule has 0 aromatic heterocycles. The summed E-state index contributed by atoms with van der Waals surface area (Å²) < 4.78 is 5.91. The molecule has 0 radical (unpaired) electrons. The van der Waals surface area contributed by atoms with Crippen LogP contribution in [0.3, 0.4) is 0 Å². The molecule has 230 valence electrons. The zero-order valence-electron chi connectivity index (χ0n) is 25.8. The van der Waals surface area contributed by atoms with Crippen molar-refractivity contribution in [3.8, 4) is 11.5 Å². The fourth-order valence-electron chi connectivity index (χ4n) is 6.31. The van der Waals surface area contributed by atoms with Gasteiger partial charge in [0.25, 0.3) is 0 Å². The van der Waals surface area contributed by atoms with E-state index in [1.807, 2.05) is 20.8 Å². The molecule has 2 amide bonds. The number of hydrogen-bond acceptors (Lipinski definition) is 7. The van der Waals surface area contributed by atoms with Gasteiger partial charge >= 0.3 is 5.97 Å². The number of benzene rings is 1. The van der Waals surface area contributed by atoms with E-state index in [-0.39, 0.29) is 46.7 Å². The third kappa shape index (κ3) is 7.34. The number of esters is 1. The first kappa shape index (κ1) is 32.7. The average molecular weight is 575 g/mol. The van der Waals surface area contributed by atoms with Gasteiger partial charge in [0.05, 0.1) is 6.10 Å². The largest absolute Gasteiger partial charge is 0.504 e. The van der Waals surface area contributed by atoms with Crippen molar-refractivity contribution in [2.45, 2.75) is 118 Å². The molecule has 9 nitrogen and oxygen atoms in total. The number of nitrogens with one attached hydrogen (secondary N) is 1. The van der Waals surface area contributed by atoms with E-state index in [0.717, 1.165) is 19.3 Å². The van der Waals surface area contributed by atoms with Gasteiger partial charge in [0, 0.05) is 13.0 Å². The summed E-state index contributed by atoms with van der Waals surface area (Å²) in [4.78, 5) is 41.5. The monoisotopic (exact) mass is 574 g/mol. The number of carbonyl (C=O) groups excluding carboxylic acids is 3. The number of aliphatic hydroxyl groups excluding tert-OH is 1. The standard InChI is InChI=1S/C32H50N2O7/c1-8-19(2)27(33-28(38)26(37)18-21-11-12-24(35)25(36)17-21)29(39)34-15-9-10-23(34)30(40)41-20(3)16-22-13-14-31(4,5)32(22,6)7/h11-12,17,19-20,22-23,26-27,35-37H,8-10,13-16,18H2,1-7H3,(H,33,38)/t19?,20?,22?,23-,26+,27-/m0/s1. The van der Waals surface area contributed by atoms with Gasteiger partial charge in [0.1, 0.15) is 18.2 Å². The number of rotatable bonds is 11. The minimum absolute atomic E-state index is 0.105. The van der Waals surface area contributed by atoms with Gasteiger partial charge in [-0.3, -0.25) is 9.59 Å². The van der Waals surface area contributed by atoms with Crippen molar-refractivity contribution >= 4 is 17.8 Å². The third-order valence-corrected chi connectivity index (χ3v) is 10.2. The molecule has 1 aromatic carbocycles. The summed E-state index contributed by atoms with van der Waals surface area (Å²) in [6.07, 6.45) is 2.97. The highest BCUT2D eigenvalue weighted by Gasteiger charge is 2.49. The van der Waals surface area contributed by atoms with Crippen molar-refractivity contribution in [2.75, 3.05) is 6.54 Å². The van der Waals surface area contributed by atoms with Crippen LogP contribution in [-0.4, -0.2) is 68.8 Å². The number of nitrogens with zero attached hydrogens (tertiary/aromatic N) is 1. The summed E-state index contributed by atoms with van der Waals surface area (Å²) >= 11 is 0. The highest BCUT2D eigenvalue weighted by atomic mass is 16.5. The molecule has 2 aliphatic rings. The number of likely N-dealkylation sites (tertiary alicyclic amines) is 1. The molecule has 1 aromatic rings. The number of hydrogen-bond donors (Lipinski definition) is 4. The van der Waals surface area contributed by atoms with Crippen LogP contribution in [0.15, 0.2) is 18.2 Å². The first-order valence-electron chi connectivity index (χ1n) is 15.1. The van der Waals surface area contributed by atoms with E-state index in [1.165, 1.54) is 23.1 Å². The number of phenolic OH excluding ortho intramolecular Hbond substituents is 2. The van der Waals surface area contributed by atoms with E-state index in [4.69, 9.17) is 4.74 Å². The number of aliphatic hydroxyl groups is 1. The van der Waals surface area contributed by atoms with Gasteiger partial charge in [-0.1, -0.05) is 54.0 Å². The average Bonchev–Trinajstić information content (AvgIpc) is 3.47. The van der Waals surface area contributed by atoms with Gasteiger partial charge < -0.3 is 30.3 Å². The van der Waals surface area contributed by atoms with Crippen LogP contribution in [0.2, 0.25) is 0 Å². The van der Waals surface area contributed by atoms with E-state index < -0.39 is 30.1 Å². The van der Waals surface area contributed by atoms with E-state index in [9.17, 15) is 29.7 Å².